The molecule has 30 heavy (non-hydrogen) atoms. The Labute approximate surface area is 175 Å². The molecule has 4 heterocycles. The molecule has 0 aromatic carbocycles. The standard InChI is InChI=1S/C22H25N5O3/c1-3-15-8-19-20(26-21(15)28)7-14(9-24-19)11-27-12-17(13-27)30-16-5-6-18(25-10-16)22(29)23-4-2/h5-10,17,19H,3-4,11-13H2,1-2H3,(H,23,29). The van der Waals surface area contributed by atoms with Crippen LogP contribution in [-0.2, 0) is 4.79 Å². The molecule has 0 spiro atoms. The zero-order valence-corrected chi connectivity index (χ0v) is 17.2. The first-order valence-corrected chi connectivity index (χ1v) is 10.3. The molecule has 0 radical (unpaired) electrons. The van der Waals surface area contributed by atoms with Crippen molar-refractivity contribution in [2.75, 3.05) is 26.2 Å². The monoisotopic (exact) mass is 407 g/mol. The summed E-state index contributed by atoms with van der Waals surface area (Å²) < 4.78 is 5.92. The second-order valence-electron chi connectivity index (χ2n) is 7.50. The van der Waals surface area contributed by atoms with Gasteiger partial charge in [0.1, 0.15) is 23.6 Å². The Kier molecular flexibility index (Phi) is 5.85. The van der Waals surface area contributed by atoms with E-state index in [2.05, 4.69) is 25.2 Å². The number of ether oxygens (including phenoxy) is 1. The molecule has 1 fully saturated rings. The van der Waals surface area contributed by atoms with Crippen LogP contribution < -0.4 is 10.1 Å². The van der Waals surface area contributed by atoms with Crippen molar-refractivity contribution in [1.29, 1.82) is 0 Å². The number of hydrogen-bond donors (Lipinski definition) is 1. The third-order valence-corrected chi connectivity index (χ3v) is 5.22. The van der Waals surface area contributed by atoms with E-state index < -0.39 is 0 Å². The number of fused-ring (bicyclic) bond motifs is 1. The van der Waals surface area contributed by atoms with Crippen molar-refractivity contribution in [3.8, 4) is 5.75 Å². The van der Waals surface area contributed by atoms with Crippen molar-refractivity contribution in [1.82, 2.24) is 15.2 Å². The van der Waals surface area contributed by atoms with Crippen molar-refractivity contribution >= 4 is 23.7 Å². The molecule has 1 atom stereocenters. The zero-order valence-electron chi connectivity index (χ0n) is 17.2. The van der Waals surface area contributed by atoms with Gasteiger partial charge in [-0.1, -0.05) is 6.92 Å². The molecule has 8 nitrogen and oxygen atoms in total. The molecular formula is C22H25N5O3. The van der Waals surface area contributed by atoms with E-state index in [0.29, 0.717) is 24.4 Å². The Morgan fingerprint density at radius 2 is 2.13 bits per heavy atom. The minimum absolute atomic E-state index is 0.0830. The van der Waals surface area contributed by atoms with Gasteiger partial charge in [-0.05, 0) is 43.2 Å². The van der Waals surface area contributed by atoms with E-state index in [1.165, 1.54) is 0 Å². The first-order valence-electron chi connectivity index (χ1n) is 10.3. The van der Waals surface area contributed by atoms with Crippen LogP contribution in [0.1, 0.15) is 30.8 Å². The molecule has 8 heteroatoms. The van der Waals surface area contributed by atoms with Crippen molar-refractivity contribution < 1.29 is 14.3 Å². The minimum Gasteiger partial charge on any atom is -0.486 e. The SMILES string of the molecule is CCNC(=O)c1ccc(OC2CN(CC3=CC4=NC(=O)C(CC)=CC4N=C3)C2)cn1. The van der Waals surface area contributed by atoms with Crippen LogP contribution in [0.2, 0.25) is 0 Å². The maximum Gasteiger partial charge on any atom is 0.272 e. The number of pyridine rings is 1. The number of nitrogens with one attached hydrogen (secondary N) is 1. The Hall–Kier alpha value is -3.13. The van der Waals surface area contributed by atoms with Crippen LogP contribution in [0.15, 0.2) is 51.6 Å². The number of aromatic nitrogens is 1. The van der Waals surface area contributed by atoms with Crippen LogP contribution in [0.25, 0.3) is 0 Å². The quantitative estimate of drug-likeness (QED) is 0.741. The fraction of sp³-hybridized carbons (Fsp3) is 0.409. The van der Waals surface area contributed by atoms with Gasteiger partial charge in [0.05, 0.1) is 11.9 Å². The van der Waals surface area contributed by atoms with Crippen molar-refractivity contribution in [2.24, 2.45) is 9.98 Å². The number of rotatable bonds is 7. The average Bonchev–Trinajstić information content (AvgIpc) is 2.72. The highest BCUT2D eigenvalue weighted by molar-refractivity contribution is 6.16. The summed E-state index contributed by atoms with van der Waals surface area (Å²) in [5, 5.41) is 2.72. The highest BCUT2D eigenvalue weighted by atomic mass is 16.5. The lowest BCUT2D eigenvalue weighted by molar-refractivity contribution is -0.114. The first kappa shape index (κ1) is 20.2. The largest absolute Gasteiger partial charge is 0.486 e. The molecule has 4 rings (SSSR count). The molecule has 3 aliphatic rings. The number of dihydropyridines is 2. The summed E-state index contributed by atoms with van der Waals surface area (Å²) in [5.41, 5.74) is 2.87. The number of carbonyl (C=O) groups excluding carboxylic acids is 2. The fourth-order valence-corrected chi connectivity index (χ4v) is 3.61. The summed E-state index contributed by atoms with van der Waals surface area (Å²) in [6.07, 6.45) is 8.10. The van der Waals surface area contributed by atoms with Crippen molar-refractivity contribution in [3.05, 3.63) is 47.3 Å². The van der Waals surface area contributed by atoms with Gasteiger partial charge in [0.2, 0.25) is 0 Å². The molecule has 1 aromatic rings. The van der Waals surface area contributed by atoms with Crippen molar-refractivity contribution in [2.45, 2.75) is 32.4 Å². The van der Waals surface area contributed by atoms with Gasteiger partial charge < -0.3 is 10.1 Å². The Morgan fingerprint density at radius 3 is 2.83 bits per heavy atom. The number of nitrogens with zero attached hydrogens (tertiary/aromatic N) is 4. The highest BCUT2D eigenvalue weighted by Crippen LogP contribution is 2.21. The van der Waals surface area contributed by atoms with E-state index >= 15 is 0 Å². The van der Waals surface area contributed by atoms with Crippen LogP contribution in [-0.4, -0.2) is 71.9 Å². The molecular weight excluding hydrogens is 382 g/mol. The fourth-order valence-electron chi connectivity index (χ4n) is 3.61. The number of likely N-dealkylation sites (tertiary alicyclic amines) is 1. The number of aliphatic imine (C=N–C) groups is 2. The van der Waals surface area contributed by atoms with Crippen LogP contribution >= 0.6 is 0 Å². The maximum absolute atomic E-state index is 12.0. The van der Waals surface area contributed by atoms with E-state index in [0.717, 1.165) is 36.5 Å². The molecule has 1 aromatic heterocycles. The van der Waals surface area contributed by atoms with Gasteiger partial charge in [-0.15, -0.1) is 0 Å². The Morgan fingerprint density at radius 1 is 1.30 bits per heavy atom. The van der Waals surface area contributed by atoms with Gasteiger partial charge in [0.15, 0.2) is 0 Å². The summed E-state index contributed by atoms with van der Waals surface area (Å²) in [6.45, 7) is 6.71. The average molecular weight is 407 g/mol. The first-order chi connectivity index (χ1) is 14.6. The summed E-state index contributed by atoms with van der Waals surface area (Å²) >= 11 is 0. The topological polar surface area (TPSA) is 96.2 Å². The molecule has 0 aliphatic carbocycles. The van der Waals surface area contributed by atoms with E-state index in [9.17, 15) is 9.59 Å². The van der Waals surface area contributed by atoms with Gasteiger partial charge in [-0.2, -0.15) is 0 Å². The van der Waals surface area contributed by atoms with Crippen LogP contribution in [0.3, 0.4) is 0 Å². The van der Waals surface area contributed by atoms with E-state index in [1.807, 2.05) is 32.2 Å². The molecule has 1 N–H and O–H groups in total. The van der Waals surface area contributed by atoms with Crippen LogP contribution in [0, 0.1) is 0 Å². The van der Waals surface area contributed by atoms with Crippen LogP contribution in [0.4, 0.5) is 0 Å². The lowest BCUT2D eigenvalue weighted by Gasteiger charge is -2.39. The van der Waals surface area contributed by atoms with Gasteiger partial charge in [-0.25, -0.2) is 9.98 Å². The number of amides is 2. The van der Waals surface area contributed by atoms with Gasteiger partial charge >= 0.3 is 0 Å². The minimum atomic E-state index is -0.186. The normalized spacial score (nSPS) is 21.2. The van der Waals surface area contributed by atoms with Gasteiger partial charge in [-0.3, -0.25) is 19.5 Å². The molecule has 1 unspecified atom stereocenters. The Balaban J connectivity index is 1.26. The molecule has 0 bridgehead atoms. The third kappa shape index (κ3) is 4.38. The van der Waals surface area contributed by atoms with E-state index in [4.69, 9.17) is 4.74 Å². The lowest BCUT2D eigenvalue weighted by Crippen LogP contribution is -2.54. The predicted octanol–water partition coefficient (Wildman–Crippen LogP) is 1.59. The second-order valence-corrected chi connectivity index (χ2v) is 7.50. The summed E-state index contributed by atoms with van der Waals surface area (Å²) in [4.78, 5) is 38.9. The van der Waals surface area contributed by atoms with Gasteiger partial charge in [0.25, 0.3) is 11.8 Å². The lowest BCUT2D eigenvalue weighted by atomic mass is 9.98. The van der Waals surface area contributed by atoms with E-state index in [-0.39, 0.29) is 24.0 Å². The molecule has 1 saturated heterocycles. The summed E-state index contributed by atoms with van der Waals surface area (Å²) in [5.74, 6) is 0.317. The predicted molar refractivity (Wildman–Crippen MR) is 114 cm³/mol. The second kappa shape index (κ2) is 8.71. The Bertz CT molecular complexity index is 955. The smallest absolute Gasteiger partial charge is 0.272 e. The van der Waals surface area contributed by atoms with Gasteiger partial charge in [0, 0.05) is 38.0 Å². The molecule has 0 saturated carbocycles. The van der Waals surface area contributed by atoms with E-state index in [1.54, 1.807) is 18.3 Å². The zero-order chi connectivity index (χ0) is 21.1. The molecule has 2 amide bonds. The summed E-state index contributed by atoms with van der Waals surface area (Å²) in [7, 11) is 0. The maximum atomic E-state index is 12.0. The van der Waals surface area contributed by atoms with Crippen LogP contribution in [0.5, 0.6) is 5.75 Å². The highest BCUT2D eigenvalue weighted by Gasteiger charge is 2.30. The molecule has 156 valence electrons. The molecule has 3 aliphatic heterocycles. The number of hydrogen-bond acceptors (Lipinski definition) is 6. The third-order valence-electron chi connectivity index (χ3n) is 5.22. The number of carbonyl (C=O) groups is 2. The summed E-state index contributed by atoms with van der Waals surface area (Å²) in [6, 6.07) is 3.30. The van der Waals surface area contributed by atoms with Crippen molar-refractivity contribution in [3.63, 3.8) is 0 Å².